The van der Waals surface area contributed by atoms with Gasteiger partial charge in [0.1, 0.15) is 22.7 Å². The molecule has 138 valence electrons. The van der Waals surface area contributed by atoms with Gasteiger partial charge in [-0.3, -0.25) is 14.5 Å². The molecule has 2 atom stereocenters. The van der Waals surface area contributed by atoms with Crippen LogP contribution in [0.2, 0.25) is 0 Å². The molecule has 9 heteroatoms. The summed E-state index contributed by atoms with van der Waals surface area (Å²) in [5, 5.41) is 2.12. The largest absolute Gasteiger partial charge is 0.463 e. The van der Waals surface area contributed by atoms with Gasteiger partial charge in [0, 0.05) is 12.7 Å². The minimum absolute atomic E-state index is 0.0938. The van der Waals surface area contributed by atoms with Crippen molar-refractivity contribution in [3.8, 4) is 0 Å². The summed E-state index contributed by atoms with van der Waals surface area (Å²) in [6.45, 7) is 8.22. The van der Waals surface area contributed by atoms with Crippen LogP contribution in [0.4, 0.5) is 0 Å². The van der Waals surface area contributed by atoms with Gasteiger partial charge in [0.15, 0.2) is 0 Å². The second-order valence-corrected chi connectivity index (χ2v) is 7.74. The van der Waals surface area contributed by atoms with E-state index in [0.29, 0.717) is 0 Å². The Balaban J connectivity index is 2.37. The monoisotopic (exact) mass is 370 g/mol. The zero-order valence-corrected chi connectivity index (χ0v) is 15.7. The van der Waals surface area contributed by atoms with Crippen molar-refractivity contribution in [2.75, 3.05) is 12.4 Å². The summed E-state index contributed by atoms with van der Waals surface area (Å²) in [6, 6.07) is -0.719. The van der Waals surface area contributed by atoms with Gasteiger partial charge in [-0.05, 0) is 27.7 Å². The molecule has 1 fully saturated rings. The average Bonchev–Trinajstić information content (AvgIpc) is 2.49. The molecule has 0 aromatic heterocycles. The highest BCUT2D eigenvalue weighted by Gasteiger charge is 2.55. The minimum atomic E-state index is -0.783. The van der Waals surface area contributed by atoms with Crippen molar-refractivity contribution in [3.05, 3.63) is 11.3 Å². The van der Waals surface area contributed by atoms with Gasteiger partial charge in [-0.1, -0.05) is 0 Å². The van der Waals surface area contributed by atoms with Gasteiger partial charge in [-0.25, -0.2) is 9.59 Å². The maximum absolute atomic E-state index is 12.6. The van der Waals surface area contributed by atoms with Crippen LogP contribution < -0.4 is 5.32 Å². The summed E-state index contributed by atoms with van der Waals surface area (Å²) in [4.78, 5) is 49.7. The number of hydrogen-bond donors (Lipinski definition) is 1. The molecule has 0 aromatic rings. The van der Waals surface area contributed by atoms with E-state index in [9.17, 15) is 19.2 Å². The summed E-state index contributed by atoms with van der Waals surface area (Å²) in [5.41, 5.74) is -0.773. The number of hydrogen-bond acceptors (Lipinski definition) is 7. The molecule has 1 N–H and O–H groups in total. The lowest BCUT2D eigenvalue weighted by atomic mass is 10.0. The van der Waals surface area contributed by atoms with E-state index in [1.165, 1.54) is 23.6 Å². The SMILES string of the molecule is CCOC(=O)C1=C(C(=O)OC(C)(C)C)N2C(=O)C(NC(C)=O)[C@@H]2SC1. The van der Waals surface area contributed by atoms with Gasteiger partial charge in [-0.2, -0.15) is 0 Å². The predicted molar refractivity (Wildman–Crippen MR) is 90.2 cm³/mol. The molecular weight excluding hydrogens is 348 g/mol. The predicted octanol–water partition coefficient (Wildman–Crippen LogP) is 0.565. The van der Waals surface area contributed by atoms with Crippen molar-refractivity contribution in [1.29, 1.82) is 0 Å². The first-order valence-electron chi connectivity index (χ1n) is 7.92. The van der Waals surface area contributed by atoms with E-state index in [-0.39, 0.29) is 29.5 Å². The van der Waals surface area contributed by atoms with Gasteiger partial charge < -0.3 is 14.8 Å². The maximum Gasteiger partial charge on any atom is 0.356 e. The van der Waals surface area contributed by atoms with Crippen LogP contribution in [0, 0.1) is 0 Å². The molecule has 0 aromatic carbocycles. The topological polar surface area (TPSA) is 102 Å². The third kappa shape index (κ3) is 3.97. The maximum atomic E-state index is 12.6. The van der Waals surface area contributed by atoms with Crippen molar-refractivity contribution in [2.45, 2.75) is 51.6 Å². The number of ether oxygens (including phenoxy) is 2. The number of carbonyl (C=O) groups excluding carboxylic acids is 4. The molecule has 0 aliphatic carbocycles. The molecule has 0 radical (unpaired) electrons. The fraction of sp³-hybridized carbons (Fsp3) is 0.625. The molecule has 25 heavy (non-hydrogen) atoms. The van der Waals surface area contributed by atoms with Crippen LogP contribution >= 0.6 is 11.8 Å². The molecule has 2 rings (SSSR count). The first-order valence-corrected chi connectivity index (χ1v) is 8.97. The van der Waals surface area contributed by atoms with Crippen molar-refractivity contribution >= 4 is 35.5 Å². The average molecular weight is 370 g/mol. The Hall–Kier alpha value is -2.03. The van der Waals surface area contributed by atoms with Gasteiger partial charge in [0.05, 0.1) is 12.2 Å². The number of nitrogens with one attached hydrogen (secondary N) is 1. The summed E-state index contributed by atoms with van der Waals surface area (Å²) < 4.78 is 10.4. The number of β-lactam (4-membered cyclic amide) rings is 1. The Labute approximate surface area is 150 Å². The van der Waals surface area contributed by atoms with Crippen LogP contribution in [0.3, 0.4) is 0 Å². The minimum Gasteiger partial charge on any atom is -0.463 e. The highest BCUT2D eigenvalue weighted by Crippen LogP contribution is 2.41. The Bertz CT molecular complexity index is 652. The second kappa shape index (κ2) is 7.07. The van der Waals surface area contributed by atoms with E-state index in [4.69, 9.17) is 9.47 Å². The van der Waals surface area contributed by atoms with Crippen LogP contribution in [-0.4, -0.2) is 58.0 Å². The third-order valence-electron chi connectivity index (χ3n) is 3.44. The van der Waals surface area contributed by atoms with E-state index in [1.54, 1.807) is 27.7 Å². The van der Waals surface area contributed by atoms with E-state index in [2.05, 4.69) is 5.32 Å². The summed E-state index contributed by atoms with van der Waals surface area (Å²) in [5.74, 6) is -1.99. The zero-order chi connectivity index (χ0) is 18.9. The van der Waals surface area contributed by atoms with Gasteiger partial charge >= 0.3 is 11.9 Å². The lowest BCUT2D eigenvalue weighted by molar-refractivity contribution is -0.159. The highest BCUT2D eigenvalue weighted by molar-refractivity contribution is 8.00. The van der Waals surface area contributed by atoms with E-state index >= 15 is 0 Å². The number of nitrogens with zero attached hydrogens (tertiary/aromatic N) is 1. The Morgan fingerprint density at radius 2 is 1.92 bits per heavy atom. The first kappa shape index (κ1) is 19.3. The molecule has 2 amide bonds. The normalized spacial score (nSPS) is 22.8. The number of rotatable bonds is 4. The van der Waals surface area contributed by atoms with Crippen molar-refractivity contribution < 1.29 is 28.7 Å². The van der Waals surface area contributed by atoms with Crippen LogP contribution in [0.1, 0.15) is 34.6 Å². The molecule has 2 heterocycles. The summed E-state index contributed by atoms with van der Waals surface area (Å²) in [7, 11) is 0. The lowest BCUT2D eigenvalue weighted by Gasteiger charge is -2.49. The van der Waals surface area contributed by atoms with E-state index < -0.39 is 34.9 Å². The Morgan fingerprint density at radius 1 is 1.28 bits per heavy atom. The molecule has 0 spiro atoms. The Morgan fingerprint density at radius 3 is 2.44 bits per heavy atom. The number of thioether (sulfide) groups is 1. The molecule has 8 nitrogen and oxygen atoms in total. The van der Waals surface area contributed by atoms with Crippen LogP contribution in [0.5, 0.6) is 0 Å². The van der Waals surface area contributed by atoms with Crippen molar-refractivity contribution in [1.82, 2.24) is 10.2 Å². The molecule has 0 saturated carbocycles. The van der Waals surface area contributed by atoms with E-state index in [0.717, 1.165) is 0 Å². The summed E-state index contributed by atoms with van der Waals surface area (Å²) in [6.07, 6.45) is 0. The number of esters is 2. The number of carbonyl (C=O) groups is 4. The molecule has 1 unspecified atom stereocenters. The third-order valence-corrected chi connectivity index (χ3v) is 4.72. The first-order chi connectivity index (χ1) is 11.6. The zero-order valence-electron chi connectivity index (χ0n) is 14.9. The van der Waals surface area contributed by atoms with Crippen LogP contribution in [-0.2, 0) is 28.7 Å². The number of amides is 2. The quantitative estimate of drug-likeness (QED) is 0.570. The van der Waals surface area contributed by atoms with Crippen LogP contribution in [0.15, 0.2) is 11.3 Å². The summed E-state index contributed by atoms with van der Waals surface area (Å²) >= 11 is 1.29. The fourth-order valence-corrected chi connectivity index (χ4v) is 3.86. The van der Waals surface area contributed by atoms with Gasteiger partial charge in [-0.15, -0.1) is 11.8 Å². The molecule has 2 aliphatic heterocycles. The molecule has 0 bridgehead atoms. The van der Waals surface area contributed by atoms with Gasteiger partial charge in [0.2, 0.25) is 5.91 Å². The Kier molecular flexibility index (Phi) is 5.46. The van der Waals surface area contributed by atoms with E-state index in [1.807, 2.05) is 0 Å². The second-order valence-electron chi connectivity index (χ2n) is 6.64. The lowest BCUT2D eigenvalue weighted by Crippen LogP contribution is -2.70. The number of fused-ring (bicyclic) bond motifs is 1. The molecule has 1 saturated heterocycles. The van der Waals surface area contributed by atoms with Crippen molar-refractivity contribution in [3.63, 3.8) is 0 Å². The highest BCUT2D eigenvalue weighted by atomic mass is 32.2. The van der Waals surface area contributed by atoms with Crippen molar-refractivity contribution in [2.24, 2.45) is 0 Å². The van der Waals surface area contributed by atoms with Crippen LogP contribution in [0.25, 0.3) is 0 Å². The standard InChI is InChI=1S/C16H22N2O6S/c1-6-23-14(21)9-7-25-13-10(17-8(2)19)12(20)18(13)11(9)15(22)24-16(3,4)5/h10,13H,6-7H2,1-5H3,(H,17,19)/t10?,13-/m0/s1. The van der Waals surface area contributed by atoms with Gasteiger partial charge in [0.25, 0.3) is 5.91 Å². The molecule has 2 aliphatic rings. The fourth-order valence-electron chi connectivity index (χ4n) is 2.53. The smallest absolute Gasteiger partial charge is 0.356 e. The molecular formula is C16H22N2O6S.